The van der Waals surface area contributed by atoms with Crippen molar-refractivity contribution in [1.82, 2.24) is 10.3 Å². The van der Waals surface area contributed by atoms with Crippen molar-refractivity contribution < 1.29 is 17.9 Å². The molecule has 3 rings (SSSR count). The van der Waals surface area contributed by atoms with Gasteiger partial charge in [-0.3, -0.25) is 9.78 Å². The summed E-state index contributed by atoms with van der Waals surface area (Å²) in [5.41, 5.74) is 0.517. The highest BCUT2D eigenvalue weighted by atomic mass is 32.2. The molecule has 1 N–H and O–H groups in total. The van der Waals surface area contributed by atoms with Crippen LogP contribution in [0.4, 0.5) is 0 Å². The molecule has 0 bridgehead atoms. The van der Waals surface area contributed by atoms with E-state index in [1.165, 1.54) is 29.7 Å². The summed E-state index contributed by atoms with van der Waals surface area (Å²) in [7, 11) is -3.76. The Morgan fingerprint density at radius 2 is 1.96 bits per heavy atom. The molecular weight excluding hydrogens is 396 g/mol. The van der Waals surface area contributed by atoms with E-state index in [-0.39, 0.29) is 17.3 Å². The molecule has 2 aromatic heterocycles. The maximum Gasteiger partial charge on any atom is 0.261 e. The SMILES string of the molecule is CCOc1ccc(S(=O)(=O)C(CNC(=O)c2cccs2)c2cccnc2)cc1. The van der Waals surface area contributed by atoms with E-state index in [1.807, 2.05) is 6.92 Å². The van der Waals surface area contributed by atoms with Gasteiger partial charge in [-0.25, -0.2) is 8.42 Å². The lowest BCUT2D eigenvalue weighted by Crippen LogP contribution is -2.31. The average molecular weight is 417 g/mol. The van der Waals surface area contributed by atoms with Crippen LogP contribution < -0.4 is 10.1 Å². The van der Waals surface area contributed by atoms with Crippen LogP contribution in [0.25, 0.3) is 0 Å². The minimum atomic E-state index is -3.76. The number of carbonyl (C=O) groups is 1. The quantitative estimate of drug-likeness (QED) is 0.608. The van der Waals surface area contributed by atoms with Crippen LogP contribution in [0.3, 0.4) is 0 Å². The van der Waals surface area contributed by atoms with Gasteiger partial charge < -0.3 is 10.1 Å². The molecule has 0 spiro atoms. The lowest BCUT2D eigenvalue weighted by molar-refractivity contribution is 0.0957. The summed E-state index contributed by atoms with van der Waals surface area (Å²) in [6, 6.07) is 13.1. The number of nitrogens with one attached hydrogen (secondary N) is 1. The Bertz CT molecular complexity index is 1000. The molecule has 3 aromatic rings. The highest BCUT2D eigenvalue weighted by molar-refractivity contribution is 7.91. The third kappa shape index (κ3) is 4.58. The van der Waals surface area contributed by atoms with Gasteiger partial charge in [-0.1, -0.05) is 12.1 Å². The minimum absolute atomic E-state index is 0.0576. The molecule has 1 atom stereocenters. The van der Waals surface area contributed by atoms with Crippen molar-refractivity contribution in [3.05, 3.63) is 76.7 Å². The van der Waals surface area contributed by atoms with Crippen molar-refractivity contribution >= 4 is 27.1 Å². The summed E-state index contributed by atoms with van der Waals surface area (Å²) in [5, 5.41) is 3.57. The van der Waals surface area contributed by atoms with Crippen molar-refractivity contribution in [2.75, 3.05) is 13.2 Å². The Balaban J connectivity index is 1.88. The molecule has 146 valence electrons. The van der Waals surface area contributed by atoms with E-state index in [4.69, 9.17) is 4.74 Å². The van der Waals surface area contributed by atoms with Crippen molar-refractivity contribution in [3.63, 3.8) is 0 Å². The number of sulfone groups is 1. The van der Waals surface area contributed by atoms with Gasteiger partial charge >= 0.3 is 0 Å². The monoisotopic (exact) mass is 416 g/mol. The number of pyridine rings is 1. The Morgan fingerprint density at radius 3 is 2.57 bits per heavy atom. The Labute approximate surface area is 168 Å². The first kappa shape index (κ1) is 20.0. The number of hydrogen-bond donors (Lipinski definition) is 1. The van der Waals surface area contributed by atoms with Gasteiger partial charge in [-0.05, 0) is 54.3 Å². The zero-order valence-electron chi connectivity index (χ0n) is 15.2. The maximum absolute atomic E-state index is 13.3. The number of ether oxygens (including phenoxy) is 1. The zero-order valence-corrected chi connectivity index (χ0v) is 16.9. The van der Waals surface area contributed by atoms with E-state index in [1.54, 1.807) is 48.0 Å². The second-order valence-corrected chi connectivity index (χ2v) is 8.99. The molecule has 1 amide bonds. The largest absolute Gasteiger partial charge is 0.494 e. The number of rotatable bonds is 8. The van der Waals surface area contributed by atoms with Gasteiger partial charge in [0.2, 0.25) is 0 Å². The first-order chi connectivity index (χ1) is 13.5. The highest BCUT2D eigenvalue weighted by Crippen LogP contribution is 2.29. The summed E-state index contributed by atoms with van der Waals surface area (Å²) in [4.78, 5) is 17.0. The van der Waals surface area contributed by atoms with Crippen LogP contribution in [0, 0.1) is 0 Å². The molecule has 0 aliphatic heterocycles. The summed E-state index contributed by atoms with van der Waals surface area (Å²) in [5.74, 6) is 0.302. The predicted octanol–water partition coefficient (Wildman–Crippen LogP) is 3.49. The van der Waals surface area contributed by atoms with Crippen LogP contribution in [-0.2, 0) is 9.84 Å². The Kier molecular flexibility index (Phi) is 6.43. The molecule has 8 heteroatoms. The third-order valence-electron chi connectivity index (χ3n) is 4.09. The van der Waals surface area contributed by atoms with Crippen molar-refractivity contribution in [3.8, 4) is 5.75 Å². The first-order valence-corrected chi connectivity index (χ1v) is 11.1. The second-order valence-electron chi connectivity index (χ2n) is 5.91. The second kappa shape index (κ2) is 8.99. The van der Waals surface area contributed by atoms with Gasteiger partial charge in [0, 0.05) is 18.9 Å². The van der Waals surface area contributed by atoms with E-state index in [9.17, 15) is 13.2 Å². The molecule has 28 heavy (non-hydrogen) atoms. The fraction of sp³-hybridized carbons (Fsp3) is 0.200. The fourth-order valence-electron chi connectivity index (χ4n) is 2.71. The van der Waals surface area contributed by atoms with E-state index < -0.39 is 15.1 Å². The number of thiophene rings is 1. The topological polar surface area (TPSA) is 85.4 Å². The van der Waals surface area contributed by atoms with Crippen molar-refractivity contribution in [1.29, 1.82) is 0 Å². The lowest BCUT2D eigenvalue weighted by Gasteiger charge is -2.19. The predicted molar refractivity (Wildman–Crippen MR) is 108 cm³/mol. The number of aromatic nitrogens is 1. The van der Waals surface area contributed by atoms with Crippen molar-refractivity contribution in [2.24, 2.45) is 0 Å². The number of carbonyl (C=O) groups excluding carboxylic acids is 1. The third-order valence-corrected chi connectivity index (χ3v) is 7.07. The first-order valence-electron chi connectivity index (χ1n) is 8.70. The van der Waals surface area contributed by atoms with Crippen molar-refractivity contribution in [2.45, 2.75) is 17.1 Å². The molecule has 0 saturated carbocycles. The smallest absolute Gasteiger partial charge is 0.261 e. The van der Waals surface area contributed by atoms with Gasteiger partial charge in [0.25, 0.3) is 5.91 Å². The molecule has 1 unspecified atom stereocenters. The molecule has 0 fully saturated rings. The summed E-state index contributed by atoms with van der Waals surface area (Å²) in [6.07, 6.45) is 3.09. The van der Waals surface area contributed by atoms with Crippen LogP contribution in [0.1, 0.15) is 27.4 Å². The van der Waals surface area contributed by atoms with Crippen LogP contribution >= 0.6 is 11.3 Å². The van der Waals surface area contributed by atoms with E-state index in [2.05, 4.69) is 10.3 Å². The fourth-order valence-corrected chi connectivity index (χ4v) is 4.99. The van der Waals surface area contributed by atoms with Crippen LogP contribution in [-0.4, -0.2) is 32.5 Å². The molecule has 0 aliphatic rings. The molecule has 6 nitrogen and oxygen atoms in total. The van der Waals surface area contributed by atoms with Crippen LogP contribution in [0.5, 0.6) is 5.75 Å². The van der Waals surface area contributed by atoms with Gasteiger partial charge in [0.15, 0.2) is 9.84 Å². The molecular formula is C20H20N2O4S2. The van der Waals surface area contributed by atoms with E-state index in [0.717, 1.165) is 0 Å². The molecule has 0 aliphatic carbocycles. The number of benzene rings is 1. The number of nitrogens with zero attached hydrogens (tertiary/aromatic N) is 1. The maximum atomic E-state index is 13.3. The normalized spacial score (nSPS) is 12.3. The van der Waals surface area contributed by atoms with Crippen LogP contribution in [0.15, 0.2) is 71.2 Å². The van der Waals surface area contributed by atoms with Gasteiger partial charge in [0.1, 0.15) is 11.0 Å². The zero-order chi connectivity index (χ0) is 20.0. The Hall–Kier alpha value is -2.71. The van der Waals surface area contributed by atoms with E-state index >= 15 is 0 Å². The summed E-state index contributed by atoms with van der Waals surface area (Å²) < 4.78 is 31.9. The highest BCUT2D eigenvalue weighted by Gasteiger charge is 2.30. The van der Waals surface area contributed by atoms with E-state index in [0.29, 0.717) is 22.8 Å². The average Bonchev–Trinajstić information content (AvgIpc) is 3.24. The summed E-state index contributed by atoms with van der Waals surface area (Å²) in [6.45, 7) is 2.30. The van der Waals surface area contributed by atoms with Gasteiger partial charge in [-0.2, -0.15) is 0 Å². The van der Waals surface area contributed by atoms with Crippen LogP contribution in [0.2, 0.25) is 0 Å². The number of hydrogen-bond acceptors (Lipinski definition) is 6. The molecule has 2 heterocycles. The van der Waals surface area contributed by atoms with Gasteiger partial charge in [0.05, 0.1) is 16.4 Å². The van der Waals surface area contributed by atoms with Gasteiger partial charge in [-0.15, -0.1) is 11.3 Å². The summed E-state index contributed by atoms with van der Waals surface area (Å²) >= 11 is 1.30. The number of amides is 1. The minimum Gasteiger partial charge on any atom is -0.494 e. The molecule has 1 aromatic carbocycles. The molecule has 0 radical (unpaired) electrons. The Morgan fingerprint density at radius 1 is 1.18 bits per heavy atom. The standard InChI is InChI=1S/C20H20N2O4S2/c1-2-26-16-7-9-17(10-8-16)28(24,25)19(15-5-3-11-21-13-15)14-22-20(23)18-6-4-12-27-18/h3-13,19H,2,14H2,1H3,(H,22,23). The lowest BCUT2D eigenvalue weighted by atomic mass is 10.2. The molecule has 0 saturated heterocycles.